The summed E-state index contributed by atoms with van der Waals surface area (Å²) < 4.78 is 19.1. The fourth-order valence-corrected chi connectivity index (χ4v) is 2.19. The number of halogens is 1. The van der Waals surface area contributed by atoms with Gasteiger partial charge in [0.1, 0.15) is 6.10 Å². The monoisotopic (exact) mass is 240 g/mol. The van der Waals surface area contributed by atoms with Crippen LogP contribution in [0.1, 0.15) is 31.7 Å². The second-order valence-electron chi connectivity index (χ2n) is 4.78. The van der Waals surface area contributed by atoms with Crippen LogP contribution >= 0.6 is 0 Å². The summed E-state index contributed by atoms with van der Waals surface area (Å²) in [5, 5.41) is 18.9. The van der Waals surface area contributed by atoms with Crippen LogP contribution in [-0.4, -0.2) is 21.9 Å². The summed E-state index contributed by atoms with van der Waals surface area (Å²) in [7, 11) is 0. The third kappa shape index (κ3) is 2.58. The minimum Gasteiger partial charge on any atom is -0.484 e. The van der Waals surface area contributed by atoms with Gasteiger partial charge in [-0.2, -0.15) is 0 Å². The molecule has 0 spiro atoms. The lowest BCUT2D eigenvalue weighted by Crippen LogP contribution is -2.38. The summed E-state index contributed by atoms with van der Waals surface area (Å²) in [4.78, 5) is 0. The van der Waals surface area contributed by atoms with Gasteiger partial charge in [0.05, 0.1) is 12.2 Å². The first-order chi connectivity index (χ1) is 8.03. The summed E-state index contributed by atoms with van der Waals surface area (Å²) in [6, 6.07) is 4.36. The van der Waals surface area contributed by atoms with E-state index in [4.69, 9.17) is 9.84 Å². The summed E-state index contributed by atoms with van der Waals surface area (Å²) >= 11 is 0. The SMILES string of the molecule is CC1(O)CCCC1Oc1ccc(CO)cc1F. The van der Waals surface area contributed by atoms with Gasteiger partial charge in [-0.05, 0) is 43.9 Å². The van der Waals surface area contributed by atoms with Gasteiger partial charge in [0.25, 0.3) is 0 Å². The summed E-state index contributed by atoms with van der Waals surface area (Å²) in [5.41, 5.74) is -0.379. The minimum absolute atomic E-state index is 0.134. The molecular weight excluding hydrogens is 223 g/mol. The highest BCUT2D eigenvalue weighted by molar-refractivity contribution is 5.29. The molecule has 0 saturated heterocycles. The second kappa shape index (κ2) is 4.63. The molecule has 1 saturated carbocycles. The van der Waals surface area contributed by atoms with Gasteiger partial charge in [-0.1, -0.05) is 6.07 Å². The van der Waals surface area contributed by atoms with E-state index >= 15 is 0 Å². The van der Waals surface area contributed by atoms with Gasteiger partial charge >= 0.3 is 0 Å². The minimum atomic E-state index is -0.887. The molecule has 0 bridgehead atoms. The Morgan fingerprint density at radius 3 is 2.82 bits per heavy atom. The molecule has 1 aromatic rings. The molecule has 1 fully saturated rings. The van der Waals surface area contributed by atoms with Crippen LogP contribution in [0.25, 0.3) is 0 Å². The highest BCUT2D eigenvalue weighted by Crippen LogP contribution is 2.33. The van der Waals surface area contributed by atoms with Gasteiger partial charge in [0, 0.05) is 0 Å². The van der Waals surface area contributed by atoms with E-state index in [0.29, 0.717) is 12.0 Å². The summed E-state index contributed by atoms with van der Waals surface area (Å²) in [6.07, 6.45) is 1.92. The van der Waals surface area contributed by atoms with Crippen LogP contribution in [0.5, 0.6) is 5.75 Å². The van der Waals surface area contributed by atoms with Gasteiger partial charge in [-0.15, -0.1) is 0 Å². The maximum atomic E-state index is 13.6. The number of hydrogen-bond donors (Lipinski definition) is 2. The zero-order chi connectivity index (χ0) is 12.5. The van der Waals surface area contributed by atoms with Crippen molar-refractivity contribution in [3.63, 3.8) is 0 Å². The van der Waals surface area contributed by atoms with Crippen molar-refractivity contribution in [1.29, 1.82) is 0 Å². The predicted molar refractivity (Wildman–Crippen MR) is 61.2 cm³/mol. The summed E-state index contributed by atoms with van der Waals surface area (Å²) in [5.74, 6) is -0.367. The van der Waals surface area contributed by atoms with Crippen LogP contribution in [-0.2, 0) is 6.61 Å². The number of aliphatic hydroxyl groups is 2. The Morgan fingerprint density at radius 2 is 2.29 bits per heavy atom. The molecule has 0 radical (unpaired) electrons. The number of ether oxygens (including phenoxy) is 1. The molecule has 2 unspecified atom stereocenters. The number of rotatable bonds is 3. The van der Waals surface area contributed by atoms with Crippen molar-refractivity contribution in [2.75, 3.05) is 0 Å². The highest BCUT2D eigenvalue weighted by atomic mass is 19.1. The van der Waals surface area contributed by atoms with Crippen molar-refractivity contribution < 1.29 is 19.3 Å². The molecule has 94 valence electrons. The molecular formula is C13H17FO3. The maximum Gasteiger partial charge on any atom is 0.165 e. The van der Waals surface area contributed by atoms with E-state index in [-0.39, 0.29) is 18.5 Å². The highest BCUT2D eigenvalue weighted by Gasteiger charge is 2.38. The Labute approximate surface area is 99.8 Å². The van der Waals surface area contributed by atoms with Crippen molar-refractivity contribution in [2.24, 2.45) is 0 Å². The van der Waals surface area contributed by atoms with Crippen molar-refractivity contribution in [3.05, 3.63) is 29.6 Å². The molecule has 1 aliphatic rings. The van der Waals surface area contributed by atoms with E-state index in [1.165, 1.54) is 12.1 Å². The Hall–Kier alpha value is -1.13. The van der Waals surface area contributed by atoms with Crippen LogP contribution in [0.3, 0.4) is 0 Å². The molecule has 2 atom stereocenters. The second-order valence-corrected chi connectivity index (χ2v) is 4.78. The molecule has 3 nitrogen and oxygen atoms in total. The van der Waals surface area contributed by atoms with E-state index in [2.05, 4.69) is 0 Å². The van der Waals surface area contributed by atoms with Crippen molar-refractivity contribution in [1.82, 2.24) is 0 Å². The first-order valence-electron chi connectivity index (χ1n) is 5.81. The van der Waals surface area contributed by atoms with Crippen LogP contribution in [0.15, 0.2) is 18.2 Å². The van der Waals surface area contributed by atoms with E-state index in [9.17, 15) is 9.50 Å². The fraction of sp³-hybridized carbons (Fsp3) is 0.538. The Kier molecular flexibility index (Phi) is 3.35. The van der Waals surface area contributed by atoms with Crippen molar-refractivity contribution in [3.8, 4) is 5.75 Å². The lowest BCUT2D eigenvalue weighted by Gasteiger charge is -2.26. The topological polar surface area (TPSA) is 49.7 Å². The van der Waals surface area contributed by atoms with Gasteiger partial charge in [-0.25, -0.2) is 4.39 Å². The van der Waals surface area contributed by atoms with Crippen molar-refractivity contribution in [2.45, 2.75) is 44.5 Å². The normalized spacial score (nSPS) is 28.4. The van der Waals surface area contributed by atoms with E-state index in [1.807, 2.05) is 0 Å². The smallest absolute Gasteiger partial charge is 0.165 e. The lowest BCUT2D eigenvalue weighted by atomic mass is 10.0. The maximum absolute atomic E-state index is 13.6. The molecule has 4 heteroatoms. The molecule has 0 amide bonds. The standard InChI is InChI=1S/C13H17FO3/c1-13(16)6-2-3-12(13)17-11-5-4-9(8-15)7-10(11)14/h4-5,7,12,15-16H,2-3,6,8H2,1H3. The quantitative estimate of drug-likeness (QED) is 0.849. The molecule has 0 aliphatic heterocycles. The van der Waals surface area contributed by atoms with Crippen LogP contribution in [0, 0.1) is 5.82 Å². The lowest BCUT2D eigenvalue weighted by molar-refractivity contribution is -0.0265. The Balaban J connectivity index is 2.13. The van der Waals surface area contributed by atoms with Crippen LogP contribution in [0.4, 0.5) is 4.39 Å². The molecule has 1 aromatic carbocycles. The molecule has 0 aromatic heterocycles. The fourth-order valence-electron chi connectivity index (χ4n) is 2.19. The van der Waals surface area contributed by atoms with E-state index < -0.39 is 11.4 Å². The molecule has 2 rings (SSSR count). The third-order valence-electron chi connectivity index (χ3n) is 3.29. The predicted octanol–water partition coefficient (Wildman–Crippen LogP) is 2.00. The van der Waals surface area contributed by atoms with E-state index in [0.717, 1.165) is 12.8 Å². The first-order valence-corrected chi connectivity index (χ1v) is 5.81. The van der Waals surface area contributed by atoms with Crippen molar-refractivity contribution >= 4 is 0 Å². The van der Waals surface area contributed by atoms with Crippen LogP contribution in [0.2, 0.25) is 0 Å². The molecule has 17 heavy (non-hydrogen) atoms. The van der Waals surface area contributed by atoms with Gasteiger partial charge in [-0.3, -0.25) is 0 Å². The number of benzene rings is 1. The molecule has 0 heterocycles. The average molecular weight is 240 g/mol. The van der Waals surface area contributed by atoms with Gasteiger partial charge in [0.15, 0.2) is 11.6 Å². The van der Waals surface area contributed by atoms with Gasteiger partial charge in [0.2, 0.25) is 0 Å². The number of aliphatic hydroxyl groups excluding tert-OH is 1. The largest absolute Gasteiger partial charge is 0.484 e. The molecule has 1 aliphatic carbocycles. The van der Waals surface area contributed by atoms with E-state index in [1.54, 1.807) is 13.0 Å². The Morgan fingerprint density at radius 1 is 1.53 bits per heavy atom. The first kappa shape index (κ1) is 12.3. The molecule has 2 N–H and O–H groups in total. The number of hydrogen-bond acceptors (Lipinski definition) is 3. The zero-order valence-electron chi connectivity index (χ0n) is 9.82. The Bertz CT molecular complexity index is 404. The summed E-state index contributed by atoms with van der Waals surface area (Å²) in [6.45, 7) is 1.52. The van der Waals surface area contributed by atoms with Gasteiger partial charge < -0.3 is 14.9 Å². The van der Waals surface area contributed by atoms with Crippen LogP contribution < -0.4 is 4.74 Å². The average Bonchev–Trinajstić information content (AvgIpc) is 2.61. The third-order valence-corrected chi connectivity index (χ3v) is 3.29. The zero-order valence-corrected chi connectivity index (χ0v) is 9.82.